The lowest BCUT2D eigenvalue weighted by atomic mass is 9.97. The van der Waals surface area contributed by atoms with E-state index in [4.69, 9.17) is 8.85 Å². The Labute approximate surface area is 188 Å². The number of rotatable bonds is 3. The summed E-state index contributed by atoms with van der Waals surface area (Å²) >= 11 is 0. The number of amides is 1. The number of aromatic nitrogens is 2. The number of alkyl halides is 2. The second kappa shape index (κ2) is 7.61. The number of imidazole rings is 1. The maximum Gasteiger partial charge on any atom is 0.387 e. The Morgan fingerprint density at radius 3 is 2.91 bits per heavy atom. The van der Waals surface area contributed by atoms with Crippen molar-refractivity contribution in [3.8, 4) is 17.6 Å². The van der Waals surface area contributed by atoms with Crippen molar-refractivity contribution in [2.45, 2.75) is 25.1 Å². The monoisotopic (exact) mass is 439 g/mol. The highest BCUT2D eigenvalue weighted by Gasteiger charge is 2.44. The van der Waals surface area contributed by atoms with Gasteiger partial charge in [0.25, 0.3) is 5.91 Å². The molecule has 2 aliphatic rings. The van der Waals surface area contributed by atoms with E-state index in [9.17, 15) is 13.6 Å². The number of hydrogen-bond acceptors (Lipinski definition) is 4. The molecular weight excluding hydrogens is 414 g/mol. The normalized spacial score (nSPS) is 20.9. The van der Waals surface area contributed by atoms with E-state index in [1.54, 1.807) is 6.07 Å². The fraction of sp³-hybridized carbons (Fsp3) is 0.333. The van der Waals surface area contributed by atoms with E-state index in [2.05, 4.69) is 16.8 Å². The van der Waals surface area contributed by atoms with Crippen LogP contribution in [0, 0.1) is 11.8 Å². The van der Waals surface area contributed by atoms with E-state index in [-0.39, 0.29) is 23.3 Å². The molecule has 0 saturated heterocycles. The Balaban J connectivity index is 1.75. The lowest BCUT2D eigenvalue weighted by Crippen LogP contribution is -2.30. The summed E-state index contributed by atoms with van der Waals surface area (Å²) in [6, 6.07) is 8.22. The second-order valence-corrected chi connectivity index (χ2v) is 8.12. The van der Waals surface area contributed by atoms with Gasteiger partial charge in [0.1, 0.15) is 11.6 Å². The van der Waals surface area contributed by atoms with Crippen molar-refractivity contribution in [3.63, 3.8) is 0 Å². The van der Waals surface area contributed by atoms with Crippen LogP contribution in [0.5, 0.6) is 5.75 Å². The van der Waals surface area contributed by atoms with E-state index in [1.165, 1.54) is 18.2 Å². The first kappa shape index (κ1) is 17.2. The number of halogens is 2. The minimum atomic E-state index is -3.10. The van der Waals surface area contributed by atoms with Crippen molar-refractivity contribution in [2.24, 2.45) is 0 Å². The van der Waals surface area contributed by atoms with Gasteiger partial charge in [-0.2, -0.15) is 8.78 Å². The minimum absolute atomic E-state index is 0.0289. The summed E-state index contributed by atoms with van der Waals surface area (Å²) < 4.78 is 57.3. The molecule has 5 rings (SSSR count). The first-order valence-electron chi connectivity index (χ1n) is 11.6. The van der Waals surface area contributed by atoms with Crippen LogP contribution in [0.1, 0.15) is 49.9 Å². The van der Waals surface area contributed by atoms with Crippen LogP contribution in [0.3, 0.4) is 0 Å². The standard InChI is InChI=1S/C24H22F2N4O2/c1-28(2)11-5-6-14-9-10-16-17(12-14)30-18-13-19(22(30)27-16)29(3)23(31)15-7-4-8-20(21(15)18)32-24(25)26/h4,7-10,12,18-19,24H,11,13H2,1-3H3/t18-,19-/m1/s1/i3D3. The highest BCUT2D eigenvalue weighted by Crippen LogP contribution is 2.49. The first-order valence-corrected chi connectivity index (χ1v) is 10.1. The summed E-state index contributed by atoms with van der Waals surface area (Å²) in [5.74, 6) is 5.66. The fourth-order valence-electron chi connectivity index (χ4n) is 4.49. The van der Waals surface area contributed by atoms with E-state index in [0.29, 0.717) is 23.4 Å². The predicted molar refractivity (Wildman–Crippen MR) is 116 cm³/mol. The van der Waals surface area contributed by atoms with Gasteiger partial charge < -0.3 is 14.2 Å². The number of carbonyl (C=O) groups is 1. The molecule has 0 radical (unpaired) electrons. The van der Waals surface area contributed by atoms with E-state index in [0.717, 1.165) is 10.5 Å². The Morgan fingerprint density at radius 2 is 2.16 bits per heavy atom. The van der Waals surface area contributed by atoms with Gasteiger partial charge in [-0.15, -0.1) is 0 Å². The number of hydrogen-bond donors (Lipinski definition) is 0. The molecule has 0 spiro atoms. The summed E-state index contributed by atoms with van der Waals surface area (Å²) in [6.45, 7) is -5.29. The number of nitrogens with zero attached hydrogens (tertiary/aromatic N) is 4. The Morgan fingerprint density at radius 1 is 1.31 bits per heavy atom. The average Bonchev–Trinajstić information content (AvgIpc) is 3.25. The zero-order valence-corrected chi connectivity index (χ0v) is 17.5. The number of carbonyl (C=O) groups excluding carboxylic acids is 1. The quantitative estimate of drug-likeness (QED) is 0.585. The van der Waals surface area contributed by atoms with Gasteiger partial charge in [0, 0.05) is 34.2 Å². The van der Waals surface area contributed by atoms with E-state index >= 15 is 0 Å². The van der Waals surface area contributed by atoms with E-state index < -0.39 is 31.6 Å². The van der Waals surface area contributed by atoms with E-state index in [1.807, 2.05) is 35.7 Å². The number of ether oxygens (including phenoxy) is 1. The van der Waals surface area contributed by atoms with Crippen molar-refractivity contribution < 1.29 is 22.4 Å². The summed E-state index contributed by atoms with van der Waals surface area (Å²) in [5.41, 5.74) is 2.28. The molecule has 3 aromatic rings. The van der Waals surface area contributed by atoms with Gasteiger partial charge in [-0.1, -0.05) is 17.9 Å². The van der Waals surface area contributed by atoms with Crippen molar-refractivity contribution in [1.82, 2.24) is 19.4 Å². The molecule has 32 heavy (non-hydrogen) atoms. The first-order chi connectivity index (χ1) is 16.6. The van der Waals surface area contributed by atoms with Crippen LogP contribution in [0.4, 0.5) is 8.78 Å². The summed E-state index contributed by atoms with van der Waals surface area (Å²) in [6.07, 6.45) is 0.176. The van der Waals surface area contributed by atoms with Crippen LogP contribution in [-0.4, -0.2) is 59.5 Å². The Bertz CT molecular complexity index is 1390. The molecule has 2 bridgehead atoms. The Kier molecular flexibility index (Phi) is 4.08. The minimum Gasteiger partial charge on any atom is -0.434 e. The van der Waals surface area contributed by atoms with Gasteiger partial charge in [-0.25, -0.2) is 4.98 Å². The van der Waals surface area contributed by atoms with Crippen LogP contribution in [0.25, 0.3) is 11.0 Å². The molecular formula is C24H22F2N4O2. The van der Waals surface area contributed by atoms with Gasteiger partial charge in [-0.3, -0.25) is 9.69 Å². The molecule has 0 saturated carbocycles. The maximum atomic E-state index is 13.4. The largest absolute Gasteiger partial charge is 0.434 e. The molecule has 3 heterocycles. The molecule has 8 heteroatoms. The van der Waals surface area contributed by atoms with Crippen LogP contribution >= 0.6 is 0 Å². The van der Waals surface area contributed by atoms with Gasteiger partial charge in [-0.05, 0) is 44.4 Å². The molecule has 1 aromatic heterocycles. The third kappa shape index (κ3) is 3.21. The summed E-state index contributed by atoms with van der Waals surface area (Å²) in [4.78, 5) is 20.9. The maximum absolute atomic E-state index is 13.4. The average molecular weight is 439 g/mol. The van der Waals surface area contributed by atoms with Gasteiger partial charge >= 0.3 is 6.61 Å². The molecule has 6 nitrogen and oxygen atoms in total. The summed E-state index contributed by atoms with van der Waals surface area (Å²) in [7, 11) is 3.83. The molecule has 0 fully saturated rings. The molecule has 2 aromatic carbocycles. The summed E-state index contributed by atoms with van der Waals surface area (Å²) in [5, 5.41) is 0. The third-order valence-corrected chi connectivity index (χ3v) is 5.78. The molecule has 1 amide bonds. The topological polar surface area (TPSA) is 50.6 Å². The number of fused-ring (bicyclic) bond motifs is 9. The highest BCUT2D eigenvalue weighted by molar-refractivity contribution is 5.97. The smallest absolute Gasteiger partial charge is 0.387 e. The van der Waals surface area contributed by atoms with Gasteiger partial charge in [0.05, 0.1) is 29.7 Å². The highest BCUT2D eigenvalue weighted by atomic mass is 19.3. The molecule has 2 aliphatic heterocycles. The fourth-order valence-corrected chi connectivity index (χ4v) is 4.49. The van der Waals surface area contributed by atoms with Crippen molar-refractivity contribution in [3.05, 3.63) is 58.9 Å². The SMILES string of the molecule is [2H]C([2H])([2H])N1C(=O)c2cccc(OC(F)F)c2[C@H]2C[C@@H]1c1nc3ccc(C#CCN(C)C)cc3n12. The molecule has 0 aliphatic carbocycles. The van der Waals surface area contributed by atoms with Crippen molar-refractivity contribution in [2.75, 3.05) is 27.6 Å². The van der Waals surface area contributed by atoms with Gasteiger partial charge in [0.15, 0.2) is 0 Å². The zero-order valence-electron chi connectivity index (χ0n) is 20.5. The second-order valence-electron chi connectivity index (χ2n) is 8.12. The van der Waals surface area contributed by atoms with Crippen molar-refractivity contribution >= 4 is 16.9 Å². The van der Waals surface area contributed by atoms with Gasteiger partial charge in [0.2, 0.25) is 0 Å². The van der Waals surface area contributed by atoms with Crippen LogP contribution in [-0.2, 0) is 0 Å². The molecule has 164 valence electrons. The predicted octanol–water partition coefficient (Wildman–Crippen LogP) is 3.67. The molecule has 2 atom stereocenters. The van der Waals surface area contributed by atoms with Crippen LogP contribution in [0.15, 0.2) is 36.4 Å². The lowest BCUT2D eigenvalue weighted by Gasteiger charge is -2.24. The number of benzene rings is 2. The lowest BCUT2D eigenvalue weighted by molar-refractivity contribution is -0.0507. The molecule has 0 unspecified atom stereocenters. The van der Waals surface area contributed by atoms with Crippen LogP contribution < -0.4 is 4.74 Å². The van der Waals surface area contributed by atoms with Crippen LogP contribution in [0.2, 0.25) is 0 Å². The zero-order chi connectivity index (χ0) is 25.1. The third-order valence-electron chi connectivity index (χ3n) is 5.78. The Hall–Kier alpha value is -3.44. The van der Waals surface area contributed by atoms with Crippen molar-refractivity contribution in [1.29, 1.82) is 0 Å². The molecule has 0 N–H and O–H groups in total.